The van der Waals surface area contributed by atoms with E-state index in [1.54, 1.807) is 13.0 Å². The molecule has 0 spiro atoms. The van der Waals surface area contributed by atoms with Crippen LogP contribution in [-0.2, 0) is 19.6 Å². The second-order valence-corrected chi connectivity index (χ2v) is 8.88. The van der Waals surface area contributed by atoms with E-state index >= 15 is 0 Å². The molecule has 0 aromatic heterocycles. The highest BCUT2D eigenvalue weighted by atomic mass is 32.2. The minimum atomic E-state index is -5.67. The molecule has 0 saturated heterocycles. The molecule has 0 aliphatic rings. The van der Waals surface area contributed by atoms with E-state index in [2.05, 4.69) is 16.6 Å². The van der Waals surface area contributed by atoms with Crippen molar-refractivity contribution >= 4 is 16.0 Å². The van der Waals surface area contributed by atoms with Crippen molar-refractivity contribution in [2.45, 2.75) is 24.0 Å². The Morgan fingerprint density at radius 1 is 1.08 bits per heavy atom. The van der Waals surface area contributed by atoms with Gasteiger partial charge in [0.15, 0.2) is 0 Å². The summed E-state index contributed by atoms with van der Waals surface area (Å²) in [5.41, 5.74) is -2.82. The van der Waals surface area contributed by atoms with Gasteiger partial charge in [-0.2, -0.15) is 13.2 Å². The normalized spacial score (nSPS) is 16.0. The Bertz CT molecular complexity index is 1690. The number of hydrogen-bond acceptors (Lipinski definition) is 4. The van der Waals surface area contributed by atoms with Crippen LogP contribution in [0.25, 0.3) is 0 Å². The highest BCUT2D eigenvalue weighted by molar-refractivity contribution is 7.89. The van der Waals surface area contributed by atoms with Gasteiger partial charge in [-0.15, -0.1) is 0 Å². The van der Waals surface area contributed by atoms with Crippen LogP contribution in [0.3, 0.4) is 0 Å². The van der Waals surface area contributed by atoms with Crippen LogP contribution in [0, 0.1) is 18.8 Å². The Hall–Kier alpha value is -4.03. The molecule has 0 saturated carbocycles. The predicted molar refractivity (Wildman–Crippen MR) is 129 cm³/mol. The lowest BCUT2D eigenvalue weighted by Crippen LogP contribution is -2.40. The van der Waals surface area contributed by atoms with Crippen molar-refractivity contribution in [1.29, 1.82) is 0 Å². The Morgan fingerprint density at radius 3 is 2.25 bits per heavy atom. The molecule has 3 aromatic carbocycles. The van der Waals surface area contributed by atoms with E-state index in [-0.39, 0.29) is 11.6 Å². The van der Waals surface area contributed by atoms with Gasteiger partial charge < -0.3 is 4.74 Å². The maximum Gasteiger partial charge on any atom is 0.432 e. The van der Waals surface area contributed by atoms with E-state index in [1.807, 2.05) is 0 Å². The highest BCUT2D eigenvalue weighted by Crippen LogP contribution is 2.39. The molecule has 5 nitrogen and oxygen atoms in total. The Morgan fingerprint density at radius 2 is 1.69 bits per heavy atom. The molecule has 1 atom stereocenters. The quantitative estimate of drug-likeness (QED) is 0.249. The molecule has 0 bridgehead atoms. The Kier molecular flexibility index (Phi) is 5.94. The number of carbonyl (C=O) groups is 1. The first kappa shape index (κ1) is 19.2. The lowest BCUT2D eigenvalue weighted by molar-refractivity contribution is -0.136. The number of sulfonamides is 1. The number of hydrogen-bond donors (Lipinski definition) is 0. The van der Waals surface area contributed by atoms with Gasteiger partial charge in [0.2, 0.25) is 0 Å². The first-order chi connectivity index (χ1) is 19.5. The number of rotatable bonds is 6. The summed E-state index contributed by atoms with van der Waals surface area (Å²) in [4.78, 5) is 11.4. The van der Waals surface area contributed by atoms with Gasteiger partial charge in [0.05, 0.1) is 26.3 Å². The number of halogens is 3. The largest absolute Gasteiger partial charge is 0.466 e. The summed E-state index contributed by atoms with van der Waals surface area (Å²) >= 11 is 0. The lowest BCUT2D eigenvalue weighted by atomic mass is 10.1. The minimum Gasteiger partial charge on any atom is -0.466 e. The highest BCUT2D eigenvalue weighted by Gasteiger charge is 2.46. The minimum absolute atomic E-state index is 0.0969. The van der Waals surface area contributed by atoms with Crippen LogP contribution in [0.4, 0.5) is 13.2 Å². The molecule has 3 rings (SSSR count). The second-order valence-electron chi connectivity index (χ2n) is 7.10. The fraction of sp³-hybridized carbons (Fsp3) is 0.148. The molecule has 186 valence electrons. The second kappa shape index (κ2) is 11.1. The molecule has 0 N–H and O–H groups in total. The monoisotopic (exact) mass is 519 g/mol. The van der Waals surface area contributed by atoms with Crippen LogP contribution in [0.2, 0.25) is 0 Å². The van der Waals surface area contributed by atoms with Gasteiger partial charge in [-0.1, -0.05) is 77.9 Å². The third kappa shape index (κ3) is 6.34. The third-order valence-corrected chi connectivity index (χ3v) is 6.29. The van der Waals surface area contributed by atoms with Crippen molar-refractivity contribution in [3.8, 4) is 11.8 Å². The van der Waals surface area contributed by atoms with Crippen molar-refractivity contribution in [1.82, 2.24) is 4.31 Å². The zero-order valence-corrected chi connectivity index (χ0v) is 19.7. The molecular weight excluding hydrogens is 491 g/mol. The first-order valence-electron chi connectivity index (χ1n) is 13.1. The zero-order valence-electron chi connectivity index (χ0n) is 24.9. The van der Waals surface area contributed by atoms with Gasteiger partial charge >= 0.3 is 12.1 Å². The molecule has 0 aliphatic heterocycles. The van der Waals surface area contributed by atoms with Gasteiger partial charge in [0, 0.05) is 5.56 Å². The van der Waals surface area contributed by atoms with Gasteiger partial charge in [-0.25, -0.2) is 17.5 Å². The summed E-state index contributed by atoms with van der Waals surface area (Å²) < 4.78 is 126. The fourth-order valence-corrected chi connectivity index (χ4v) is 4.33. The number of benzene rings is 3. The predicted octanol–water partition coefficient (Wildman–Crippen LogP) is 5.40. The molecule has 0 fully saturated rings. The summed E-state index contributed by atoms with van der Waals surface area (Å²) in [6.07, 6.45) is -5.88. The standard InChI is InChI=1S/C27H22F3NO4S/c1-20-13-16-23(17-14-20)36(33,34)31(25(27(28,29)30)19-26(32)35-2)24(22-11-7-4-8-12-22)18-15-21-9-5-3-6-10-21/h3-14,16-17,19,24H,1-2H3/b25-19+/i4D,7D,8D,11D,12D,24D. The molecule has 36 heavy (non-hydrogen) atoms. The zero-order chi connectivity index (χ0) is 31.6. The molecule has 1 unspecified atom stereocenters. The number of ether oxygens (including phenoxy) is 1. The third-order valence-electron chi connectivity index (χ3n) is 4.56. The summed E-state index contributed by atoms with van der Waals surface area (Å²) in [6.45, 7) is 1.58. The molecule has 0 heterocycles. The summed E-state index contributed by atoms with van der Waals surface area (Å²) in [6, 6.07) is 2.82. The van der Waals surface area contributed by atoms with Gasteiger partial charge in [0.25, 0.3) is 10.0 Å². The number of nitrogens with zero attached hydrogens (tertiary/aromatic N) is 1. The van der Waals surface area contributed by atoms with E-state index in [1.165, 1.54) is 36.4 Å². The van der Waals surface area contributed by atoms with Gasteiger partial charge in [-0.3, -0.25) is 0 Å². The van der Waals surface area contributed by atoms with Gasteiger partial charge in [-0.05, 0) is 36.8 Å². The maximum absolute atomic E-state index is 14.7. The van der Waals surface area contributed by atoms with Crippen LogP contribution in [-0.4, -0.2) is 32.0 Å². The van der Waals surface area contributed by atoms with E-state index < -0.39 is 78.9 Å². The smallest absolute Gasteiger partial charge is 0.432 e. The van der Waals surface area contributed by atoms with Crippen molar-refractivity contribution in [3.05, 3.63) is 113 Å². The average Bonchev–Trinajstić information content (AvgIpc) is 2.93. The van der Waals surface area contributed by atoms with E-state index in [0.717, 1.165) is 19.2 Å². The summed E-state index contributed by atoms with van der Waals surface area (Å²) in [5.74, 6) is 2.86. The van der Waals surface area contributed by atoms with Gasteiger partial charge in [0.1, 0.15) is 11.7 Å². The maximum atomic E-state index is 14.7. The first-order valence-corrected chi connectivity index (χ1v) is 11.6. The molecule has 3 aromatic rings. The van der Waals surface area contributed by atoms with Crippen molar-refractivity contribution < 1.29 is 39.3 Å². The molecule has 0 aliphatic carbocycles. The molecule has 0 radical (unpaired) electrons. The van der Waals surface area contributed by atoms with Crippen molar-refractivity contribution in [3.63, 3.8) is 0 Å². The van der Waals surface area contributed by atoms with Crippen LogP contribution in [0.15, 0.2) is 101 Å². The number of allylic oxidation sites excluding steroid dienone is 1. The number of methoxy groups -OCH3 is 1. The number of carbonyl (C=O) groups excluding carboxylic acids is 1. The van der Waals surface area contributed by atoms with Crippen LogP contribution in [0.5, 0.6) is 0 Å². The molecular formula is C27H22F3NO4S. The average molecular weight is 520 g/mol. The number of esters is 1. The number of aryl methyl sites for hydroxylation is 1. The van der Waals surface area contributed by atoms with Crippen LogP contribution < -0.4 is 0 Å². The van der Waals surface area contributed by atoms with Crippen molar-refractivity contribution in [2.75, 3.05) is 7.11 Å². The fourth-order valence-electron chi connectivity index (χ4n) is 2.85. The van der Waals surface area contributed by atoms with E-state index in [9.17, 15) is 27.8 Å². The lowest BCUT2D eigenvalue weighted by Gasteiger charge is -2.32. The Labute approximate surface area is 216 Å². The SMILES string of the molecule is [2H]c1c([2H])c([2H])c(C([2H])(C#Cc2ccccc2)N(/C(=C/C(=O)OC)C(F)(F)F)S(=O)(=O)c2ccc(C)cc2)c([2H])c1[2H]. The van der Waals surface area contributed by atoms with Crippen LogP contribution >= 0.6 is 0 Å². The number of alkyl halides is 3. The Balaban J connectivity index is 2.64. The van der Waals surface area contributed by atoms with E-state index in [0.29, 0.717) is 5.56 Å². The van der Waals surface area contributed by atoms with Crippen LogP contribution in [0.1, 0.15) is 30.9 Å². The van der Waals surface area contributed by atoms with Crippen molar-refractivity contribution in [2.24, 2.45) is 0 Å². The summed E-state index contributed by atoms with van der Waals surface area (Å²) in [5, 5.41) is 0. The molecule has 0 amide bonds. The molecule has 9 heteroatoms. The summed E-state index contributed by atoms with van der Waals surface area (Å²) in [7, 11) is -4.78. The topological polar surface area (TPSA) is 63.7 Å². The van der Waals surface area contributed by atoms with E-state index in [4.69, 9.17) is 6.85 Å².